The van der Waals surface area contributed by atoms with Crippen molar-refractivity contribution < 1.29 is 17.3 Å². The molecular weight excluding hydrogens is 530 g/mol. The summed E-state index contributed by atoms with van der Waals surface area (Å²) in [7, 11) is 0. The summed E-state index contributed by atoms with van der Waals surface area (Å²) in [5.41, 5.74) is 0. The van der Waals surface area contributed by atoms with Crippen molar-refractivity contribution in [3.8, 4) is 0 Å². The van der Waals surface area contributed by atoms with Gasteiger partial charge in [0.1, 0.15) is 0 Å². The molecule has 0 saturated carbocycles. The maximum absolute atomic E-state index is 2.31. The van der Waals surface area contributed by atoms with Crippen LogP contribution in [-0.4, -0.2) is 19.6 Å². The lowest BCUT2D eigenvalue weighted by atomic mass is 9.99. The van der Waals surface area contributed by atoms with Crippen LogP contribution in [0.5, 0.6) is 0 Å². The first-order chi connectivity index (χ1) is 20.4. The third-order valence-electron chi connectivity index (χ3n) is 10.3. The summed E-state index contributed by atoms with van der Waals surface area (Å²) in [5.74, 6) is 1.05. The van der Waals surface area contributed by atoms with E-state index in [9.17, 15) is 0 Å². The largest absolute Gasteiger partial charge is 1.00 e. The Morgan fingerprint density at radius 1 is 0.381 bits per heavy atom. The Balaban J connectivity index is 0.0000168. The number of nitrogens with one attached hydrogen (secondary N) is 1. The van der Waals surface area contributed by atoms with E-state index in [1.807, 2.05) is 4.90 Å². The molecule has 0 radical (unpaired) electrons. The summed E-state index contributed by atoms with van der Waals surface area (Å²) < 4.78 is 0. The van der Waals surface area contributed by atoms with Gasteiger partial charge in [-0.1, -0.05) is 206 Å². The number of likely N-dealkylation sites (tertiary alicyclic amines) is 1. The van der Waals surface area contributed by atoms with E-state index in [1.165, 1.54) is 238 Å². The van der Waals surface area contributed by atoms with E-state index in [-0.39, 0.29) is 12.4 Å². The lowest BCUT2D eigenvalue weighted by Gasteiger charge is -2.13. The van der Waals surface area contributed by atoms with Gasteiger partial charge in [-0.15, -0.1) is 0 Å². The molecule has 1 N–H and O–H groups in total. The van der Waals surface area contributed by atoms with E-state index in [0.717, 1.165) is 5.92 Å². The molecule has 0 aliphatic carbocycles. The van der Waals surface area contributed by atoms with E-state index >= 15 is 0 Å². The standard InChI is InChI=1S/C40H81N.ClH/c1-3-5-7-9-11-13-15-17-19-21-23-25-27-29-31-33-35-40-36-38-41(39-40)37-34-32-30-28-26-24-22-20-18-16-14-12-10-8-6-4-2;/h40H,3-39H2,1-2H3;1H. The molecular formula is C40H82ClN. The summed E-state index contributed by atoms with van der Waals surface area (Å²) in [6, 6.07) is 0. The molecule has 0 spiro atoms. The van der Waals surface area contributed by atoms with Gasteiger partial charge in [-0.3, -0.25) is 0 Å². The minimum absolute atomic E-state index is 0. The van der Waals surface area contributed by atoms with Crippen LogP contribution in [0.15, 0.2) is 0 Å². The SMILES string of the molecule is CCCCCCCCCCCCCCCCCCC1CC[NH+](CCCCCCCCCCCCCCCCCC)C1.[Cl-]. The minimum Gasteiger partial charge on any atom is -1.00 e. The van der Waals surface area contributed by atoms with Gasteiger partial charge < -0.3 is 17.3 Å². The van der Waals surface area contributed by atoms with Crippen molar-refractivity contribution >= 4 is 0 Å². The Bertz CT molecular complexity index is 438. The fourth-order valence-electron chi connectivity index (χ4n) is 7.40. The van der Waals surface area contributed by atoms with Crippen molar-refractivity contribution in [3.63, 3.8) is 0 Å². The second-order valence-electron chi connectivity index (χ2n) is 14.5. The second-order valence-corrected chi connectivity index (χ2v) is 14.5. The first kappa shape index (κ1) is 42.2. The molecule has 0 aromatic carbocycles. The van der Waals surface area contributed by atoms with Crippen LogP contribution in [0, 0.1) is 5.92 Å². The zero-order valence-electron chi connectivity index (χ0n) is 29.6. The lowest BCUT2D eigenvalue weighted by molar-refractivity contribution is -0.889. The quantitative estimate of drug-likeness (QED) is 0.0691. The van der Waals surface area contributed by atoms with Crippen molar-refractivity contribution in [3.05, 3.63) is 0 Å². The van der Waals surface area contributed by atoms with E-state index < -0.39 is 0 Å². The molecule has 0 aromatic heterocycles. The molecule has 2 atom stereocenters. The Morgan fingerprint density at radius 2 is 0.667 bits per heavy atom. The average Bonchev–Trinajstić information content (AvgIpc) is 3.44. The maximum Gasteiger partial charge on any atom is 0.0801 e. The highest BCUT2D eigenvalue weighted by atomic mass is 35.5. The molecule has 2 heteroatoms. The third kappa shape index (κ3) is 30.3. The average molecular weight is 613 g/mol. The number of quaternary nitrogens is 1. The number of rotatable bonds is 34. The van der Waals surface area contributed by atoms with Crippen molar-refractivity contribution in [1.29, 1.82) is 0 Å². The van der Waals surface area contributed by atoms with Crippen LogP contribution in [0.4, 0.5) is 0 Å². The molecule has 1 rings (SSSR count). The predicted octanol–water partition coefficient (Wildman–Crippen LogP) is 9.81. The van der Waals surface area contributed by atoms with Crippen molar-refractivity contribution in [2.75, 3.05) is 19.6 Å². The number of hydrogen-bond acceptors (Lipinski definition) is 0. The summed E-state index contributed by atoms with van der Waals surface area (Å²) >= 11 is 0. The molecule has 0 aromatic rings. The predicted molar refractivity (Wildman–Crippen MR) is 187 cm³/mol. The Hall–Kier alpha value is 0.250. The van der Waals surface area contributed by atoms with Crippen LogP contribution in [-0.2, 0) is 0 Å². The number of hydrogen-bond donors (Lipinski definition) is 1. The highest BCUT2D eigenvalue weighted by Crippen LogP contribution is 2.18. The minimum atomic E-state index is 0. The smallest absolute Gasteiger partial charge is 0.0801 e. The molecule has 1 heterocycles. The van der Waals surface area contributed by atoms with E-state index in [0.29, 0.717) is 0 Å². The van der Waals surface area contributed by atoms with Crippen LogP contribution in [0.2, 0.25) is 0 Å². The van der Waals surface area contributed by atoms with Crippen molar-refractivity contribution in [2.45, 2.75) is 232 Å². The molecule has 254 valence electrons. The fourth-order valence-corrected chi connectivity index (χ4v) is 7.40. The monoisotopic (exact) mass is 612 g/mol. The van der Waals surface area contributed by atoms with Gasteiger partial charge in [-0.05, 0) is 19.3 Å². The first-order valence-corrected chi connectivity index (χ1v) is 20.2. The van der Waals surface area contributed by atoms with Crippen LogP contribution in [0.1, 0.15) is 232 Å². The lowest BCUT2D eigenvalue weighted by Crippen LogP contribution is -3.10. The Morgan fingerprint density at radius 3 is 1.00 bits per heavy atom. The normalized spacial score (nSPS) is 16.7. The molecule has 1 nitrogen and oxygen atoms in total. The van der Waals surface area contributed by atoms with Crippen LogP contribution in [0.3, 0.4) is 0 Å². The van der Waals surface area contributed by atoms with Gasteiger partial charge in [0.05, 0.1) is 19.6 Å². The van der Waals surface area contributed by atoms with Crippen molar-refractivity contribution in [2.24, 2.45) is 5.92 Å². The van der Waals surface area contributed by atoms with E-state index in [1.54, 1.807) is 0 Å². The van der Waals surface area contributed by atoms with Crippen molar-refractivity contribution in [1.82, 2.24) is 0 Å². The fraction of sp³-hybridized carbons (Fsp3) is 1.00. The number of halogens is 1. The highest BCUT2D eigenvalue weighted by Gasteiger charge is 2.24. The van der Waals surface area contributed by atoms with Crippen LogP contribution in [0.25, 0.3) is 0 Å². The van der Waals surface area contributed by atoms with Gasteiger partial charge in [0, 0.05) is 12.3 Å². The summed E-state index contributed by atoms with van der Waals surface area (Å²) in [5, 5.41) is 0. The second kappa shape index (κ2) is 35.7. The molecule has 1 aliphatic rings. The summed E-state index contributed by atoms with van der Waals surface area (Å²) in [6.07, 6.45) is 50.4. The van der Waals surface area contributed by atoms with E-state index in [4.69, 9.17) is 0 Å². The topological polar surface area (TPSA) is 4.44 Å². The molecule has 1 fully saturated rings. The van der Waals surface area contributed by atoms with Crippen LogP contribution < -0.4 is 17.3 Å². The van der Waals surface area contributed by atoms with Gasteiger partial charge in [-0.2, -0.15) is 0 Å². The zero-order valence-corrected chi connectivity index (χ0v) is 30.4. The van der Waals surface area contributed by atoms with Gasteiger partial charge in [0.2, 0.25) is 0 Å². The molecule has 1 aliphatic heterocycles. The molecule has 2 unspecified atom stereocenters. The van der Waals surface area contributed by atoms with Gasteiger partial charge in [0.25, 0.3) is 0 Å². The summed E-state index contributed by atoms with van der Waals surface area (Å²) in [4.78, 5) is 1.94. The Kier molecular flexibility index (Phi) is 35.9. The van der Waals surface area contributed by atoms with Gasteiger partial charge in [0.15, 0.2) is 0 Å². The molecule has 0 bridgehead atoms. The molecule has 42 heavy (non-hydrogen) atoms. The van der Waals surface area contributed by atoms with E-state index in [2.05, 4.69) is 13.8 Å². The van der Waals surface area contributed by atoms with Gasteiger partial charge in [-0.25, -0.2) is 0 Å². The maximum atomic E-state index is 2.31. The van der Waals surface area contributed by atoms with Crippen LogP contribution >= 0.6 is 0 Å². The third-order valence-corrected chi connectivity index (χ3v) is 10.3. The van der Waals surface area contributed by atoms with Gasteiger partial charge >= 0.3 is 0 Å². The highest BCUT2D eigenvalue weighted by molar-refractivity contribution is 4.63. The molecule has 1 saturated heterocycles. The summed E-state index contributed by atoms with van der Waals surface area (Å²) in [6.45, 7) is 9.06. The zero-order chi connectivity index (χ0) is 29.3. The first-order valence-electron chi connectivity index (χ1n) is 20.2. The Labute approximate surface area is 274 Å². The number of unbranched alkanes of at least 4 members (excludes halogenated alkanes) is 30. The molecule has 0 amide bonds.